The molecule has 35 heavy (non-hydrogen) atoms. The number of likely N-dealkylation sites (tertiary alicyclic amines) is 1. The molecule has 3 heterocycles. The van der Waals surface area contributed by atoms with Gasteiger partial charge in [-0.3, -0.25) is 14.8 Å². The lowest BCUT2D eigenvalue weighted by Gasteiger charge is -2.37. The number of rotatable bonds is 7. The van der Waals surface area contributed by atoms with Crippen molar-refractivity contribution in [3.63, 3.8) is 0 Å². The van der Waals surface area contributed by atoms with Crippen molar-refractivity contribution in [3.8, 4) is 11.4 Å². The summed E-state index contributed by atoms with van der Waals surface area (Å²) in [6.07, 6.45) is 8.39. The van der Waals surface area contributed by atoms with Crippen LogP contribution in [0.1, 0.15) is 44.0 Å². The number of benzene rings is 1. The molecule has 0 bridgehead atoms. The number of anilines is 2. The molecule has 10 nitrogen and oxygen atoms in total. The van der Waals surface area contributed by atoms with Crippen LogP contribution in [0, 0.1) is 5.53 Å². The minimum atomic E-state index is 0.0193. The van der Waals surface area contributed by atoms with Gasteiger partial charge in [0.2, 0.25) is 5.91 Å². The molecule has 2 aromatic heterocycles. The van der Waals surface area contributed by atoms with Crippen molar-refractivity contribution in [2.24, 2.45) is 5.11 Å². The van der Waals surface area contributed by atoms with Crippen molar-refractivity contribution >= 4 is 23.1 Å². The Morgan fingerprint density at radius 2 is 2.06 bits per heavy atom. The molecule has 3 N–H and O–H groups in total. The number of hydrogen-bond acceptors (Lipinski definition) is 9. The van der Waals surface area contributed by atoms with Crippen molar-refractivity contribution in [2.45, 2.75) is 38.6 Å². The molecule has 1 aliphatic rings. The quantitative estimate of drug-likeness (QED) is 0.437. The first-order chi connectivity index (χ1) is 17.0. The van der Waals surface area contributed by atoms with E-state index in [1.54, 1.807) is 38.8 Å². The first-order valence-electron chi connectivity index (χ1n) is 11.5. The first kappa shape index (κ1) is 23.9. The van der Waals surface area contributed by atoms with Crippen LogP contribution < -0.4 is 10.6 Å². The molecule has 180 valence electrons. The molecule has 1 aromatic carbocycles. The van der Waals surface area contributed by atoms with E-state index in [1.807, 2.05) is 35.2 Å². The van der Waals surface area contributed by atoms with Gasteiger partial charge in [0.1, 0.15) is 23.0 Å². The number of carbonyl (C=O) groups is 1. The standard InChI is InChI=1S/C25H29N9O/c1-16-7-8-19(15-34(16)17(2)35)25-31-21(23-14-28-9-10-29-23)12-24(32-25)30-20-6-4-5-18(11-20)22(33-26)13-27-3/h4-6,9-14,16,19,26-27H,7-8,15H2,1-3H3,(H,30,31,32)/b22-13-,33-26?/t16-,19+/m0/s1. The lowest BCUT2D eigenvalue weighted by molar-refractivity contribution is -0.132. The Bertz CT molecular complexity index is 1230. The van der Waals surface area contributed by atoms with E-state index in [9.17, 15) is 4.79 Å². The Morgan fingerprint density at radius 3 is 2.77 bits per heavy atom. The maximum absolute atomic E-state index is 12.2. The molecular formula is C25H29N9O. The van der Waals surface area contributed by atoms with E-state index in [2.05, 4.69) is 32.6 Å². The summed E-state index contributed by atoms with van der Waals surface area (Å²) in [7, 11) is 1.77. The third-order valence-electron chi connectivity index (χ3n) is 6.05. The van der Waals surface area contributed by atoms with Gasteiger partial charge in [0.25, 0.3) is 0 Å². The van der Waals surface area contributed by atoms with Gasteiger partial charge in [0.15, 0.2) is 0 Å². The Kier molecular flexibility index (Phi) is 7.39. The van der Waals surface area contributed by atoms with Gasteiger partial charge in [-0.25, -0.2) is 15.5 Å². The third kappa shape index (κ3) is 5.65. The van der Waals surface area contributed by atoms with Gasteiger partial charge in [0, 0.05) is 68.4 Å². The minimum absolute atomic E-state index is 0.0193. The molecule has 1 saturated heterocycles. The fraction of sp³-hybridized carbons (Fsp3) is 0.320. The highest BCUT2D eigenvalue weighted by Crippen LogP contribution is 2.31. The third-order valence-corrected chi connectivity index (χ3v) is 6.05. The Hall–Kier alpha value is -4.21. The van der Waals surface area contributed by atoms with Crippen LogP contribution in [0.4, 0.5) is 11.5 Å². The van der Waals surface area contributed by atoms with Gasteiger partial charge in [0.05, 0.1) is 11.9 Å². The van der Waals surface area contributed by atoms with Crippen molar-refractivity contribution in [3.05, 3.63) is 66.5 Å². The summed E-state index contributed by atoms with van der Waals surface area (Å²) < 4.78 is 0. The van der Waals surface area contributed by atoms with Crippen LogP contribution in [0.3, 0.4) is 0 Å². The average molecular weight is 472 g/mol. The van der Waals surface area contributed by atoms with Crippen molar-refractivity contribution in [1.29, 1.82) is 5.53 Å². The van der Waals surface area contributed by atoms with E-state index in [1.165, 1.54) is 0 Å². The van der Waals surface area contributed by atoms with Crippen molar-refractivity contribution in [2.75, 3.05) is 18.9 Å². The van der Waals surface area contributed by atoms with E-state index < -0.39 is 0 Å². The van der Waals surface area contributed by atoms with Crippen LogP contribution in [0.15, 0.2) is 60.2 Å². The minimum Gasteiger partial charge on any atom is -0.392 e. The number of hydrogen-bond donors (Lipinski definition) is 3. The van der Waals surface area contributed by atoms with Crippen molar-refractivity contribution in [1.82, 2.24) is 30.2 Å². The number of aromatic nitrogens is 4. The lowest BCUT2D eigenvalue weighted by Crippen LogP contribution is -2.44. The normalized spacial score (nSPS) is 18.1. The second-order valence-electron chi connectivity index (χ2n) is 8.52. The zero-order valence-corrected chi connectivity index (χ0v) is 20.1. The molecule has 1 aliphatic heterocycles. The van der Waals surface area contributed by atoms with Crippen LogP contribution in [0.2, 0.25) is 0 Å². The summed E-state index contributed by atoms with van der Waals surface area (Å²) in [5.74, 6) is 1.36. The predicted molar refractivity (Wildman–Crippen MR) is 134 cm³/mol. The molecule has 3 aromatic rings. The molecule has 0 unspecified atom stereocenters. The highest BCUT2D eigenvalue weighted by atomic mass is 16.2. The summed E-state index contributed by atoms with van der Waals surface area (Å²) in [5.41, 5.74) is 10.9. The summed E-state index contributed by atoms with van der Waals surface area (Å²) in [6, 6.07) is 9.66. The van der Waals surface area contributed by atoms with E-state index in [-0.39, 0.29) is 17.9 Å². The fourth-order valence-electron chi connectivity index (χ4n) is 4.25. The predicted octanol–water partition coefficient (Wildman–Crippen LogP) is 4.34. The van der Waals surface area contributed by atoms with Gasteiger partial charge >= 0.3 is 0 Å². The van der Waals surface area contributed by atoms with Gasteiger partial charge < -0.3 is 15.5 Å². The molecule has 1 amide bonds. The summed E-state index contributed by atoms with van der Waals surface area (Å²) in [4.78, 5) is 32.3. The number of nitrogens with zero attached hydrogens (tertiary/aromatic N) is 6. The number of nitrogens with one attached hydrogen (secondary N) is 3. The number of piperidine rings is 1. The lowest BCUT2D eigenvalue weighted by atomic mass is 9.92. The van der Waals surface area contributed by atoms with Gasteiger partial charge in [-0.15, -0.1) is 0 Å². The molecule has 2 atom stereocenters. The molecule has 0 aliphatic carbocycles. The molecular weight excluding hydrogens is 442 g/mol. The van der Waals surface area contributed by atoms with E-state index in [0.717, 1.165) is 24.1 Å². The second-order valence-corrected chi connectivity index (χ2v) is 8.52. The van der Waals surface area contributed by atoms with Crippen LogP contribution in [0.25, 0.3) is 17.1 Å². The Labute approximate surface area is 204 Å². The van der Waals surface area contributed by atoms with Gasteiger partial charge in [-0.05, 0) is 31.9 Å². The molecule has 0 spiro atoms. The first-order valence-corrected chi connectivity index (χ1v) is 11.5. The maximum Gasteiger partial charge on any atom is 0.219 e. The largest absolute Gasteiger partial charge is 0.392 e. The molecule has 10 heteroatoms. The van der Waals surface area contributed by atoms with Crippen LogP contribution >= 0.6 is 0 Å². The fourth-order valence-corrected chi connectivity index (χ4v) is 4.25. The zero-order valence-electron chi connectivity index (χ0n) is 20.1. The molecule has 1 fully saturated rings. The Balaban J connectivity index is 1.70. The van der Waals surface area contributed by atoms with Gasteiger partial charge in [-0.1, -0.05) is 12.1 Å². The zero-order chi connectivity index (χ0) is 24.8. The van der Waals surface area contributed by atoms with Crippen LogP contribution in [-0.4, -0.2) is 50.4 Å². The summed E-state index contributed by atoms with van der Waals surface area (Å²) in [5, 5.41) is 9.88. The maximum atomic E-state index is 12.2. The number of amides is 1. The summed E-state index contributed by atoms with van der Waals surface area (Å²) in [6.45, 7) is 4.27. The second kappa shape index (κ2) is 10.8. The monoisotopic (exact) mass is 471 g/mol. The smallest absolute Gasteiger partial charge is 0.219 e. The number of carbonyl (C=O) groups excluding carboxylic acids is 1. The van der Waals surface area contributed by atoms with E-state index in [4.69, 9.17) is 15.5 Å². The highest BCUT2D eigenvalue weighted by Gasteiger charge is 2.30. The van der Waals surface area contributed by atoms with E-state index in [0.29, 0.717) is 35.3 Å². The topological polar surface area (TPSA) is 132 Å². The SMILES string of the molecule is CN/C=C(\N=N)c1cccc(Nc2cc(-c3cnccn3)nc([C@@H]3CC[C@H](C)N(C(C)=O)C3)n2)c1. The van der Waals surface area contributed by atoms with E-state index >= 15 is 0 Å². The molecule has 0 saturated carbocycles. The van der Waals surface area contributed by atoms with Crippen LogP contribution in [0.5, 0.6) is 0 Å². The highest BCUT2D eigenvalue weighted by molar-refractivity contribution is 5.74. The summed E-state index contributed by atoms with van der Waals surface area (Å²) >= 11 is 0. The Morgan fingerprint density at radius 1 is 1.20 bits per heavy atom. The van der Waals surface area contributed by atoms with Crippen molar-refractivity contribution < 1.29 is 4.79 Å². The average Bonchev–Trinajstić information content (AvgIpc) is 2.88. The molecule has 4 rings (SSSR count). The van der Waals surface area contributed by atoms with Crippen LogP contribution in [-0.2, 0) is 4.79 Å². The molecule has 0 radical (unpaired) electrons. The van der Waals surface area contributed by atoms with Gasteiger partial charge in [-0.2, -0.15) is 5.11 Å².